The quantitative estimate of drug-likeness (QED) is 0.685. The van der Waals surface area contributed by atoms with Gasteiger partial charge in [-0.25, -0.2) is 0 Å². The summed E-state index contributed by atoms with van der Waals surface area (Å²) in [4.78, 5) is 10.9. The largest absolute Gasteiger partial charge is 0.494 e. The Morgan fingerprint density at radius 3 is 2.89 bits per heavy atom. The van der Waals surface area contributed by atoms with Crippen LogP contribution in [0.25, 0.3) is 0 Å². The van der Waals surface area contributed by atoms with E-state index < -0.39 is 5.97 Å². The molecule has 0 unspecified atom stereocenters. The molecule has 0 bridgehead atoms. The van der Waals surface area contributed by atoms with Crippen molar-refractivity contribution in [2.24, 2.45) is 0 Å². The van der Waals surface area contributed by atoms with E-state index in [0.717, 1.165) is 11.3 Å². The van der Waals surface area contributed by atoms with Crippen LogP contribution in [0.15, 0.2) is 24.3 Å². The van der Waals surface area contributed by atoms with E-state index >= 15 is 0 Å². The van der Waals surface area contributed by atoms with Crippen molar-refractivity contribution in [3.05, 3.63) is 29.8 Å². The number of ether oxygens (including phenoxy) is 1. The van der Waals surface area contributed by atoms with Crippen molar-refractivity contribution in [3.8, 4) is 5.75 Å². The van der Waals surface area contributed by atoms with Gasteiger partial charge in [0, 0.05) is 19.6 Å². The van der Waals surface area contributed by atoms with Crippen molar-refractivity contribution in [2.45, 2.75) is 25.4 Å². The smallest absolute Gasteiger partial charge is 0.305 e. The van der Waals surface area contributed by atoms with Crippen LogP contribution in [-0.2, 0) is 11.3 Å². The molecule has 0 radical (unpaired) electrons. The fourth-order valence-electron chi connectivity index (χ4n) is 2.23. The van der Waals surface area contributed by atoms with E-state index in [9.17, 15) is 4.79 Å². The molecule has 0 aliphatic carbocycles. The predicted molar refractivity (Wildman–Crippen MR) is 72.3 cm³/mol. The highest BCUT2D eigenvalue weighted by Crippen LogP contribution is 2.18. The number of aliphatic carboxylic acids is 1. The van der Waals surface area contributed by atoms with Gasteiger partial charge in [0.2, 0.25) is 0 Å². The van der Waals surface area contributed by atoms with E-state index in [2.05, 4.69) is 10.6 Å². The summed E-state index contributed by atoms with van der Waals surface area (Å²) in [6.45, 7) is 4.64. The van der Waals surface area contributed by atoms with Crippen LogP contribution in [0.5, 0.6) is 5.75 Å². The lowest BCUT2D eigenvalue weighted by molar-refractivity contribution is -0.139. The molecule has 1 aromatic carbocycles. The first-order chi connectivity index (χ1) is 9.13. The number of benzene rings is 1. The Labute approximate surface area is 113 Å². The van der Waals surface area contributed by atoms with E-state index in [-0.39, 0.29) is 12.0 Å². The molecule has 5 heteroatoms. The molecular formula is C14H20N2O3. The van der Waals surface area contributed by atoms with Gasteiger partial charge in [-0.2, -0.15) is 0 Å². The van der Waals surface area contributed by atoms with Crippen LogP contribution in [0.3, 0.4) is 0 Å². The molecule has 3 N–H and O–H groups in total. The molecule has 104 valence electrons. The van der Waals surface area contributed by atoms with Gasteiger partial charge in [-0.3, -0.25) is 4.79 Å². The third-order valence-electron chi connectivity index (χ3n) is 3.29. The van der Waals surface area contributed by atoms with Gasteiger partial charge in [0.05, 0.1) is 18.6 Å². The lowest BCUT2D eigenvalue weighted by atomic mass is 9.88. The molecule has 2 rings (SSSR count). The normalized spacial score (nSPS) is 16.7. The Balaban J connectivity index is 1.93. The van der Waals surface area contributed by atoms with Crippen LogP contribution in [0.4, 0.5) is 0 Å². The van der Waals surface area contributed by atoms with Gasteiger partial charge in [-0.1, -0.05) is 12.1 Å². The zero-order chi connectivity index (χ0) is 13.7. The first kappa shape index (κ1) is 13.8. The molecule has 0 saturated carbocycles. The topological polar surface area (TPSA) is 70.6 Å². The van der Waals surface area contributed by atoms with Crippen LogP contribution < -0.4 is 15.4 Å². The van der Waals surface area contributed by atoms with Gasteiger partial charge < -0.3 is 20.5 Å². The molecule has 1 aliphatic rings. The van der Waals surface area contributed by atoms with E-state index in [1.807, 2.05) is 31.2 Å². The highest BCUT2D eigenvalue weighted by atomic mass is 16.5. The lowest BCUT2D eigenvalue weighted by Crippen LogP contribution is -2.68. The van der Waals surface area contributed by atoms with Crippen molar-refractivity contribution in [2.75, 3.05) is 19.7 Å². The zero-order valence-electron chi connectivity index (χ0n) is 11.1. The Morgan fingerprint density at radius 2 is 2.32 bits per heavy atom. The highest BCUT2D eigenvalue weighted by molar-refractivity contribution is 5.68. The molecular weight excluding hydrogens is 244 g/mol. The van der Waals surface area contributed by atoms with Crippen LogP contribution in [0.1, 0.15) is 18.9 Å². The van der Waals surface area contributed by atoms with Crippen LogP contribution in [0, 0.1) is 0 Å². The maximum Gasteiger partial charge on any atom is 0.305 e. The number of rotatable bonds is 7. The predicted octanol–water partition coefficient (Wildman–Crippen LogP) is 0.992. The molecule has 19 heavy (non-hydrogen) atoms. The van der Waals surface area contributed by atoms with Gasteiger partial charge in [-0.05, 0) is 24.6 Å². The minimum atomic E-state index is -0.767. The number of carboxylic acid groups (broad SMARTS) is 1. The molecule has 1 heterocycles. The van der Waals surface area contributed by atoms with E-state index in [1.165, 1.54) is 0 Å². The number of hydrogen-bond acceptors (Lipinski definition) is 4. The van der Waals surface area contributed by atoms with E-state index in [4.69, 9.17) is 9.84 Å². The molecule has 5 nitrogen and oxygen atoms in total. The minimum absolute atomic E-state index is 0.144. The van der Waals surface area contributed by atoms with Crippen LogP contribution in [0.2, 0.25) is 0 Å². The highest BCUT2D eigenvalue weighted by Gasteiger charge is 2.38. The van der Waals surface area contributed by atoms with Crippen molar-refractivity contribution in [1.82, 2.24) is 10.6 Å². The van der Waals surface area contributed by atoms with Crippen LogP contribution in [-0.4, -0.2) is 36.3 Å². The minimum Gasteiger partial charge on any atom is -0.494 e. The maximum atomic E-state index is 10.9. The zero-order valence-corrected chi connectivity index (χ0v) is 11.1. The summed E-state index contributed by atoms with van der Waals surface area (Å²) in [7, 11) is 0. The molecule has 0 aromatic heterocycles. The Kier molecular flexibility index (Phi) is 4.39. The first-order valence-electron chi connectivity index (χ1n) is 6.53. The monoisotopic (exact) mass is 264 g/mol. The molecule has 1 fully saturated rings. The summed E-state index contributed by atoms with van der Waals surface area (Å²) in [6, 6.07) is 7.86. The number of hydrogen-bond donors (Lipinski definition) is 3. The summed E-state index contributed by atoms with van der Waals surface area (Å²) in [5.41, 5.74) is 0.788. The summed E-state index contributed by atoms with van der Waals surface area (Å²) in [6.07, 6.45) is 0.144. The lowest BCUT2D eigenvalue weighted by Gasteiger charge is -2.42. The second-order valence-electron chi connectivity index (χ2n) is 4.89. The summed E-state index contributed by atoms with van der Waals surface area (Å²) in [5, 5.41) is 15.4. The van der Waals surface area contributed by atoms with Gasteiger partial charge in [0.15, 0.2) is 0 Å². The number of carbonyl (C=O) groups is 1. The van der Waals surface area contributed by atoms with E-state index in [0.29, 0.717) is 26.2 Å². The SMILES string of the molecule is CCOc1cccc(CNC2(CC(=O)O)CNC2)c1. The van der Waals surface area contributed by atoms with Gasteiger partial charge in [0.25, 0.3) is 0 Å². The summed E-state index contributed by atoms with van der Waals surface area (Å²) in [5.74, 6) is 0.0814. The fourth-order valence-corrected chi connectivity index (χ4v) is 2.23. The maximum absolute atomic E-state index is 10.9. The Hall–Kier alpha value is -1.59. The van der Waals surface area contributed by atoms with Gasteiger partial charge in [0.1, 0.15) is 5.75 Å². The number of carboxylic acids is 1. The Morgan fingerprint density at radius 1 is 1.53 bits per heavy atom. The molecule has 0 atom stereocenters. The van der Waals surface area contributed by atoms with Crippen molar-refractivity contribution in [1.29, 1.82) is 0 Å². The molecule has 1 aromatic rings. The van der Waals surface area contributed by atoms with E-state index in [1.54, 1.807) is 0 Å². The van der Waals surface area contributed by atoms with Crippen molar-refractivity contribution < 1.29 is 14.6 Å². The summed E-state index contributed by atoms with van der Waals surface area (Å²) < 4.78 is 5.45. The molecule has 1 aliphatic heterocycles. The molecule has 0 amide bonds. The van der Waals surface area contributed by atoms with Crippen molar-refractivity contribution in [3.63, 3.8) is 0 Å². The van der Waals surface area contributed by atoms with Crippen LogP contribution >= 0.6 is 0 Å². The third-order valence-corrected chi connectivity index (χ3v) is 3.29. The Bertz CT molecular complexity index is 444. The van der Waals surface area contributed by atoms with Gasteiger partial charge >= 0.3 is 5.97 Å². The fraction of sp³-hybridized carbons (Fsp3) is 0.500. The second kappa shape index (κ2) is 6.04. The van der Waals surface area contributed by atoms with Crippen molar-refractivity contribution >= 4 is 5.97 Å². The standard InChI is InChI=1S/C14H20N2O3/c1-2-19-12-5-3-4-11(6-12)8-16-14(7-13(17)18)9-15-10-14/h3-6,15-16H,2,7-10H2,1H3,(H,17,18). The average Bonchev–Trinajstić information content (AvgIpc) is 2.33. The molecule has 1 saturated heterocycles. The molecule has 0 spiro atoms. The summed E-state index contributed by atoms with van der Waals surface area (Å²) >= 11 is 0. The number of nitrogens with one attached hydrogen (secondary N) is 2. The third kappa shape index (κ3) is 3.68. The average molecular weight is 264 g/mol. The van der Waals surface area contributed by atoms with Gasteiger partial charge in [-0.15, -0.1) is 0 Å². The first-order valence-corrected chi connectivity index (χ1v) is 6.53. The second-order valence-corrected chi connectivity index (χ2v) is 4.89.